The number of imidazole rings is 1. The van der Waals surface area contributed by atoms with Gasteiger partial charge in [0.15, 0.2) is 5.82 Å². The van der Waals surface area contributed by atoms with Gasteiger partial charge in [-0.05, 0) is 66.9 Å². The molecule has 1 N–H and O–H groups in total. The van der Waals surface area contributed by atoms with Crippen LogP contribution in [-0.4, -0.2) is 45.9 Å². The summed E-state index contributed by atoms with van der Waals surface area (Å²) in [5.41, 5.74) is 2.40. The van der Waals surface area contributed by atoms with E-state index in [1.165, 1.54) is 11.9 Å². The van der Waals surface area contributed by atoms with Gasteiger partial charge in [0.05, 0.1) is 25.0 Å². The molecule has 0 spiro atoms. The highest BCUT2D eigenvalue weighted by Gasteiger charge is 2.13. The van der Waals surface area contributed by atoms with Crippen molar-refractivity contribution in [1.29, 1.82) is 0 Å². The first-order valence-electron chi connectivity index (χ1n) is 9.89. The van der Waals surface area contributed by atoms with Crippen molar-refractivity contribution in [2.24, 2.45) is 5.10 Å². The third kappa shape index (κ3) is 6.69. The second-order valence-electron chi connectivity index (χ2n) is 6.67. The van der Waals surface area contributed by atoms with Crippen molar-refractivity contribution < 1.29 is 14.7 Å². The fraction of sp³-hybridized carbons (Fsp3) is 0.217. The van der Waals surface area contributed by atoms with Crippen molar-refractivity contribution in [1.82, 2.24) is 14.1 Å². The number of ether oxygens (including phenoxy) is 2. The minimum atomic E-state index is 0.258. The normalized spacial score (nSPS) is 11.4. The third-order valence-corrected chi connectivity index (χ3v) is 5.32. The van der Waals surface area contributed by atoms with Gasteiger partial charge in [-0.25, -0.2) is 9.66 Å². The average Bonchev–Trinajstić information content (AvgIpc) is 3.17. The lowest BCUT2D eigenvalue weighted by Crippen LogP contribution is -2.10. The second-order valence-corrected chi connectivity index (χ2v) is 8.18. The summed E-state index contributed by atoms with van der Waals surface area (Å²) in [6, 6.07) is 13.1. The minimum Gasteiger partial charge on any atom is -0.491 e. The van der Waals surface area contributed by atoms with Crippen LogP contribution in [0.3, 0.4) is 0 Å². The smallest absolute Gasteiger partial charge is 0.153 e. The van der Waals surface area contributed by atoms with Crippen LogP contribution in [0.4, 0.5) is 0 Å². The van der Waals surface area contributed by atoms with E-state index < -0.39 is 0 Å². The van der Waals surface area contributed by atoms with E-state index in [9.17, 15) is 5.21 Å². The number of benzene rings is 2. The van der Waals surface area contributed by atoms with Crippen molar-refractivity contribution in [3.8, 4) is 17.0 Å². The largest absolute Gasteiger partial charge is 0.491 e. The van der Waals surface area contributed by atoms with Crippen LogP contribution in [0.25, 0.3) is 17.3 Å². The molecule has 0 atom stereocenters. The van der Waals surface area contributed by atoms with E-state index in [0.717, 1.165) is 26.2 Å². The van der Waals surface area contributed by atoms with E-state index in [2.05, 4.69) is 16.7 Å². The number of methoxy groups -OCH3 is 1. The first-order valence-corrected chi connectivity index (χ1v) is 11.0. The van der Waals surface area contributed by atoms with E-state index >= 15 is 0 Å². The Morgan fingerprint density at radius 2 is 2.12 bits per heavy atom. The molecule has 0 radical (unpaired) electrons. The number of nitrogens with zero attached hydrogens (tertiary/aromatic N) is 4. The van der Waals surface area contributed by atoms with Gasteiger partial charge >= 0.3 is 0 Å². The maximum absolute atomic E-state index is 10.5. The zero-order chi connectivity index (χ0) is 22.9. The van der Waals surface area contributed by atoms with Gasteiger partial charge in [-0.1, -0.05) is 24.2 Å². The summed E-state index contributed by atoms with van der Waals surface area (Å²) in [6.07, 6.45) is 5.16. The van der Waals surface area contributed by atoms with Crippen LogP contribution in [0.5, 0.6) is 5.75 Å². The Labute approximate surface area is 197 Å². The summed E-state index contributed by atoms with van der Waals surface area (Å²) >= 11 is 7.23. The van der Waals surface area contributed by atoms with Gasteiger partial charge in [0.2, 0.25) is 0 Å². The first kappa shape index (κ1) is 24.0. The summed E-state index contributed by atoms with van der Waals surface area (Å²) in [6.45, 7) is 6.77. The third-order valence-electron chi connectivity index (χ3n) is 4.28. The van der Waals surface area contributed by atoms with Crippen molar-refractivity contribution in [3.05, 3.63) is 71.7 Å². The molecule has 0 amide bonds. The topological polar surface area (TPSA) is 72.1 Å². The maximum atomic E-state index is 10.5. The molecule has 0 aliphatic heterocycles. The summed E-state index contributed by atoms with van der Waals surface area (Å²) in [4.78, 5) is 5.44. The molecule has 0 aliphatic carbocycles. The number of halogens is 1. The van der Waals surface area contributed by atoms with E-state index in [-0.39, 0.29) is 6.54 Å². The Bertz CT molecular complexity index is 1090. The Morgan fingerprint density at radius 3 is 2.84 bits per heavy atom. The van der Waals surface area contributed by atoms with Crippen molar-refractivity contribution >= 4 is 35.8 Å². The molecule has 32 heavy (non-hydrogen) atoms. The van der Waals surface area contributed by atoms with Crippen LogP contribution in [0.15, 0.2) is 65.2 Å². The van der Waals surface area contributed by atoms with Gasteiger partial charge in [-0.15, -0.1) is 4.47 Å². The van der Waals surface area contributed by atoms with Gasteiger partial charge in [0.1, 0.15) is 12.4 Å². The van der Waals surface area contributed by atoms with Gasteiger partial charge in [0, 0.05) is 28.8 Å². The molecule has 0 fully saturated rings. The Kier molecular flexibility index (Phi) is 8.90. The Morgan fingerprint density at radius 1 is 1.28 bits per heavy atom. The van der Waals surface area contributed by atoms with Crippen LogP contribution in [0.1, 0.15) is 18.3 Å². The Balaban J connectivity index is 1.88. The van der Waals surface area contributed by atoms with E-state index in [0.29, 0.717) is 29.8 Å². The number of aromatic nitrogens is 2. The molecule has 1 heterocycles. The van der Waals surface area contributed by atoms with Crippen LogP contribution >= 0.6 is 23.5 Å². The molecule has 1 aromatic heterocycles. The van der Waals surface area contributed by atoms with Crippen LogP contribution < -0.4 is 4.74 Å². The first-order chi connectivity index (χ1) is 15.5. The van der Waals surface area contributed by atoms with Gasteiger partial charge in [-0.3, -0.25) is 0 Å². The van der Waals surface area contributed by atoms with Crippen molar-refractivity contribution in [3.63, 3.8) is 0 Å². The lowest BCUT2D eigenvalue weighted by Gasteiger charge is -2.16. The van der Waals surface area contributed by atoms with Crippen molar-refractivity contribution in [2.45, 2.75) is 18.4 Å². The highest BCUT2D eigenvalue weighted by Crippen LogP contribution is 2.30. The predicted octanol–water partition coefficient (Wildman–Crippen LogP) is 5.62. The Hall–Kier alpha value is -2.62. The molecule has 168 valence electrons. The summed E-state index contributed by atoms with van der Waals surface area (Å²) in [5.74, 6) is 1.29. The highest BCUT2D eigenvalue weighted by atomic mass is 35.5. The zero-order valence-electron chi connectivity index (χ0n) is 17.9. The molecule has 9 heteroatoms. The predicted molar refractivity (Wildman–Crippen MR) is 129 cm³/mol. The fourth-order valence-corrected chi connectivity index (χ4v) is 3.97. The lowest BCUT2D eigenvalue weighted by atomic mass is 10.1. The standard InChI is InChI=1S/C23H25ClN4O3S/c1-4-23-26-22(16-27(23)25-5-2)18-11-17(12-20(13-18)31-10-9-30-3)15-28(29)32-21-8-6-7-19(24)14-21/h4-8,11-14,16,29H,1,9-10,15H2,2-3H3/b25-5-. The van der Waals surface area contributed by atoms with Crippen LogP contribution in [0.2, 0.25) is 5.02 Å². The van der Waals surface area contributed by atoms with Crippen LogP contribution in [0, 0.1) is 0 Å². The second kappa shape index (κ2) is 11.8. The molecular weight excluding hydrogens is 448 g/mol. The SMILES string of the molecule is C=Cc1nc(-c2cc(CN(O)Sc3cccc(Cl)c3)cc(OCCOC)c2)cn1/N=C\C. The molecule has 0 saturated carbocycles. The molecule has 0 saturated heterocycles. The quantitative estimate of drug-likeness (QED) is 0.169. The molecule has 2 aromatic carbocycles. The summed E-state index contributed by atoms with van der Waals surface area (Å²) in [5, 5.41) is 15.4. The summed E-state index contributed by atoms with van der Waals surface area (Å²) in [7, 11) is 1.62. The minimum absolute atomic E-state index is 0.258. The monoisotopic (exact) mass is 472 g/mol. The van der Waals surface area contributed by atoms with Crippen molar-refractivity contribution in [2.75, 3.05) is 20.3 Å². The number of hydrogen-bond donors (Lipinski definition) is 1. The fourth-order valence-electron chi connectivity index (χ4n) is 2.94. The van der Waals surface area contributed by atoms with E-state index in [1.54, 1.807) is 36.2 Å². The number of hydroxylamine groups is 1. The van der Waals surface area contributed by atoms with E-state index in [4.69, 9.17) is 21.1 Å². The molecule has 7 nitrogen and oxygen atoms in total. The highest BCUT2D eigenvalue weighted by molar-refractivity contribution is 7.96. The summed E-state index contributed by atoms with van der Waals surface area (Å²) < 4.78 is 13.7. The van der Waals surface area contributed by atoms with Gasteiger partial charge in [0.25, 0.3) is 0 Å². The molecule has 0 aliphatic rings. The molecule has 0 unspecified atom stereocenters. The average molecular weight is 473 g/mol. The molecule has 3 rings (SSSR count). The molecule has 0 bridgehead atoms. The van der Waals surface area contributed by atoms with Gasteiger partial charge in [-0.2, -0.15) is 5.10 Å². The lowest BCUT2D eigenvalue weighted by molar-refractivity contribution is 0.00886. The number of hydrogen-bond acceptors (Lipinski definition) is 7. The van der Waals surface area contributed by atoms with Crippen LogP contribution in [-0.2, 0) is 11.3 Å². The molecule has 3 aromatic rings. The van der Waals surface area contributed by atoms with Gasteiger partial charge < -0.3 is 14.7 Å². The van der Waals surface area contributed by atoms with E-state index in [1.807, 2.05) is 43.5 Å². The maximum Gasteiger partial charge on any atom is 0.153 e. The number of rotatable bonds is 11. The molecular formula is C23H25ClN4O3S. The zero-order valence-corrected chi connectivity index (χ0v) is 19.5.